The van der Waals surface area contributed by atoms with Crippen molar-refractivity contribution < 1.29 is 13.5 Å². The number of alkyl halides is 2. The van der Waals surface area contributed by atoms with E-state index < -0.39 is 12.0 Å². The molecule has 0 bridgehead atoms. The minimum Gasteiger partial charge on any atom is -0.317 e. The second-order valence-corrected chi connectivity index (χ2v) is 12.1. The van der Waals surface area contributed by atoms with E-state index >= 15 is 8.78 Å². The Hall–Kier alpha value is -0.180. The van der Waals surface area contributed by atoms with Gasteiger partial charge in [-0.15, -0.1) is 0 Å². The fraction of sp³-hybridized carbons (Fsp3) is 1.00. The normalized spacial score (nSPS) is 38.4. The third-order valence-electron chi connectivity index (χ3n) is 10.2. The first kappa shape index (κ1) is 27.4. The van der Waals surface area contributed by atoms with Gasteiger partial charge in [0.1, 0.15) is 0 Å². The van der Waals surface area contributed by atoms with Crippen LogP contribution in [0, 0.1) is 41.4 Å². The monoisotopic (exact) mass is 468 g/mol. The van der Waals surface area contributed by atoms with Gasteiger partial charge in [0.15, 0.2) is 0 Å². The molecule has 0 heterocycles. The molecule has 3 aliphatic carbocycles. The van der Waals surface area contributed by atoms with E-state index in [0.29, 0.717) is 24.7 Å². The van der Waals surface area contributed by atoms with Crippen LogP contribution in [0.4, 0.5) is 8.78 Å². The molecule has 3 aliphatic rings. The minimum atomic E-state index is -2.93. The number of halogens is 2. The van der Waals surface area contributed by atoms with E-state index in [4.69, 9.17) is 4.74 Å². The lowest BCUT2D eigenvalue weighted by molar-refractivity contribution is -0.304. The van der Waals surface area contributed by atoms with Gasteiger partial charge < -0.3 is 4.74 Å². The Morgan fingerprint density at radius 3 is 1.88 bits per heavy atom. The summed E-state index contributed by atoms with van der Waals surface area (Å²) in [6.07, 6.45) is 16.0. The second kappa shape index (κ2) is 13.2. The van der Waals surface area contributed by atoms with Crippen LogP contribution in [0.2, 0.25) is 0 Å². The van der Waals surface area contributed by atoms with Crippen LogP contribution < -0.4 is 0 Å². The number of ether oxygens (including phenoxy) is 1. The van der Waals surface area contributed by atoms with Crippen molar-refractivity contribution in [3.8, 4) is 0 Å². The van der Waals surface area contributed by atoms with Crippen LogP contribution in [0.1, 0.15) is 137 Å². The summed E-state index contributed by atoms with van der Waals surface area (Å²) in [7, 11) is 0. The molecule has 0 radical (unpaired) electrons. The van der Waals surface area contributed by atoms with E-state index in [1.165, 1.54) is 51.4 Å². The molecule has 0 aromatic carbocycles. The molecule has 0 spiro atoms. The van der Waals surface area contributed by atoms with Gasteiger partial charge in [-0.25, -0.2) is 0 Å². The first-order valence-corrected chi connectivity index (χ1v) is 15.0. The molecule has 1 nitrogen and oxygen atoms in total. The van der Waals surface area contributed by atoms with Gasteiger partial charge in [0, 0.05) is 0 Å². The topological polar surface area (TPSA) is 9.23 Å². The van der Waals surface area contributed by atoms with Gasteiger partial charge >= 0.3 is 6.11 Å². The average Bonchev–Trinajstić information content (AvgIpc) is 2.84. The molecule has 194 valence electrons. The first-order chi connectivity index (χ1) is 15.9. The number of hydrogen-bond acceptors (Lipinski definition) is 1. The zero-order valence-corrected chi connectivity index (χ0v) is 22.3. The fourth-order valence-electron chi connectivity index (χ4n) is 7.97. The number of rotatable bonds is 11. The van der Waals surface area contributed by atoms with Gasteiger partial charge in [0.05, 0.1) is 12.0 Å². The molecule has 0 aromatic rings. The fourth-order valence-corrected chi connectivity index (χ4v) is 7.97. The largest absolute Gasteiger partial charge is 0.358 e. The smallest absolute Gasteiger partial charge is 0.317 e. The summed E-state index contributed by atoms with van der Waals surface area (Å²) in [4.78, 5) is 0. The maximum Gasteiger partial charge on any atom is 0.358 e. The molecule has 0 amide bonds. The summed E-state index contributed by atoms with van der Waals surface area (Å²) in [5.74, 6) is 3.95. The van der Waals surface area contributed by atoms with Crippen LogP contribution >= 0.6 is 0 Å². The Morgan fingerprint density at radius 1 is 0.667 bits per heavy atom. The zero-order chi connectivity index (χ0) is 23.8. The van der Waals surface area contributed by atoms with Crippen molar-refractivity contribution in [3.05, 3.63) is 0 Å². The van der Waals surface area contributed by atoms with Crippen molar-refractivity contribution in [1.29, 1.82) is 0 Å². The Kier molecular flexibility index (Phi) is 11.0. The highest BCUT2D eigenvalue weighted by Crippen LogP contribution is 2.50. The van der Waals surface area contributed by atoms with E-state index in [0.717, 1.165) is 68.6 Å². The molecular weight excluding hydrogens is 414 g/mol. The summed E-state index contributed by atoms with van der Waals surface area (Å²) in [5, 5.41) is 0. The Balaban J connectivity index is 1.52. The molecule has 0 aromatic heterocycles. The van der Waals surface area contributed by atoms with Crippen molar-refractivity contribution in [1.82, 2.24) is 0 Å². The van der Waals surface area contributed by atoms with Crippen LogP contribution in [0.25, 0.3) is 0 Å². The SMILES string of the molecule is CCCCCC1CCC(C2CCC(OC(F)(F)C3CCC(CC)CC3)CC2CC)C(CC)C1. The van der Waals surface area contributed by atoms with E-state index in [2.05, 4.69) is 27.7 Å². The van der Waals surface area contributed by atoms with Crippen LogP contribution in [0.3, 0.4) is 0 Å². The lowest BCUT2D eigenvalue weighted by atomic mass is 9.60. The van der Waals surface area contributed by atoms with Crippen molar-refractivity contribution in [2.75, 3.05) is 0 Å². The van der Waals surface area contributed by atoms with Crippen LogP contribution in [-0.2, 0) is 4.74 Å². The summed E-state index contributed by atoms with van der Waals surface area (Å²) in [5.41, 5.74) is 0. The van der Waals surface area contributed by atoms with Gasteiger partial charge in [-0.05, 0) is 93.3 Å². The molecule has 3 saturated carbocycles. The molecule has 3 heteroatoms. The van der Waals surface area contributed by atoms with Gasteiger partial charge in [-0.1, -0.05) is 79.1 Å². The molecule has 0 aliphatic heterocycles. The molecule has 0 saturated heterocycles. The standard InChI is InChI=1S/C30H54F2O/c1-5-9-10-11-23-14-18-28(24(7-3)20-23)29-19-17-27(21-25(29)8-4)33-30(31,32)26-15-12-22(6-2)13-16-26/h22-29H,5-21H2,1-4H3. The van der Waals surface area contributed by atoms with E-state index in [1.807, 2.05) is 0 Å². The minimum absolute atomic E-state index is 0.240. The molecular formula is C30H54F2O. The number of hydrogen-bond donors (Lipinski definition) is 0. The molecule has 0 N–H and O–H groups in total. The summed E-state index contributed by atoms with van der Waals surface area (Å²) in [6.45, 7) is 9.14. The molecule has 3 fully saturated rings. The first-order valence-electron chi connectivity index (χ1n) is 15.0. The van der Waals surface area contributed by atoms with Gasteiger partial charge in [-0.3, -0.25) is 0 Å². The molecule has 6 unspecified atom stereocenters. The van der Waals surface area contributed by atoms with Crippen LogP contribution in [0.5, 0.6) is 0 Å². The maximum absolute atomic E-state index is 15.1. The highest BCUT2D eigenvalue weighted by molar-refractivity contribution is 4.91. The second-order valence-electron chi connectivity index (χ2n) is 12.1. The van der Waals surface area contributed by atoms with Crippen molar-refractivity contribution >= 4 is 0 Å². The van der Waals surface area contributed by atoms with Crippen molar-refractivity contribution in [2.24, 2.45) is 41.4 Å². The predicted molar refractivity (Wildman–Crippen MR) is 135 cm³/mol. The summed E-state index contributed by atoms with van der Waals surface area (Å²) in [6, 6.07) is 0. The highest BCUT2D eigenvalue weighted by atomic mass is 19.3. The Bertz CT molecular complexity index is 541. The average molecular weight is 469 g/mol. The van der Waals surface area contributed by atoms with Crippen molar-refractivity contribution in [3.63, 3.8) is 0 Å². The lowest BCUT2D eigenvalue weighted by Gasteiger charge is -2.47. The number of unbranched alkanes of at least 4 members (excludes halogenated alkanes) is 2. The predicted octanol–water partition coefficient (Wildman–Crippen LogP) is 10.0. The zero-order valence-electron chi connectivity index (χ0n) is 22.3. The van der Waals surface area contributed by atoms with Crippen LogP contribution in [-0.4, -0.2) is 12.2 Å². The summed E-state index contributed by atoms with van der Waals surface area (Å²) >= 11 is 0. The van der Waals surface area contributed by atoms with Crippen molar-refractivity contribution in [2.45, 2.75) is 149 Å². The van der Waals surface area contributed by atoms with E-state index in [-0.39, 0.29) is 6.10 Å². The maximum atomic E-state index is 15.1. The van der Waals surface area contributed by atoms with E-state index in [1.54, 1.807) is 0 Å². The van der Waals surface area contributed by atoms with Gasteiger partial charge in [0.25, 0.3) is 0 Å². The van der Waals surface area contributed by atoms with Crippen LogP contribution in [0.15, 0.2) is 0 Å². The molecule has 33 heavy (non-hydrogen) atoms. The van der Waals surface area contributed by atoms with E-state index in [9.17, 15) is 0 Å². The quantitative estimate of drug-likeness (QED) is 0.274. The van der Waals surface area contributed by atoms with Gasteiger partial charge in [0.2, 0.25) is 0 Å². The van der Waals surface area contributed by atoms with Gasteiger partial charge in [-0.2, -0.15) is 8.78 Å². The summed E-state index contributed by atoms with van der Waals surface area (Å²) < 4.78 is 35.8. The Labute approximate surface area is 204 Å². The Morgan fingerprint density at radius 2 is 1.27 bits per heavy atom. The lowest BCUT2D eigenvalue weighted by Crippen LogP contribution is -2.43. The molecule has 6 atom stereocenters. The third kappa shape index (κ3) is 7.40. The highest BCUT2D eigenvalue weighted by Gasteiger charge is 2.47. The third-order valence-corrected chi connectivity index (χ3v) is 10.2. The molecule has 3 rings (SSSR count).